The van der Waals surface area contributed by atoms with Gasteiger partial charge in [0.25, 0.3) is 0 Å². The van der Waals surface area contributed by atoms with Crippen LogP contribution in [0.4, 0.5) is 20.2 Å². The van der Waals surface area contributed by atoms with Crippen LogP contribution in [0, 0.1) is 40.2 Å². The van der Waals surface area contributed by atoms with E-state index in [9.17, 15) is 48.6 Å². The van der Waals surface area contributed by atoms with Gasteiger partial charge in [-0.2, -0.15) is 0 Å². The first kappa shape index (κ1) is 62.6. The maximum absolute atomic E-state index is 16.3. The van der Waals surface area contributed by atoms with Crippen LogP contribution < -0.4 is 40.8 Å². The van der Waals surface area contributed by atoms with Crippen molar-refractivity contribution in [1.82, 2.24) is 19.8 Å². The van der Waals surface area contributed by atoms with Gasteiger partial charge in [0.15, 0.2) is 41.6 Å². The number of ketones is 2. The van der Waals surface area contributed by atoms with Crippen LogP contribution in [0.25, 0.3) is 21.8 Å². The third-order valence-corrected chi connectivity index (χ3v) is 20.6. The van der Waals surface area contributed by atoms with E-state index in [0.29, 0.717) is 95.2 Å². The van der Waals surface area contributed by atoms with Gasteiger partial charge < -0.3 is 68.2 Å². The maximum Gasteiger partial charge on any atom is 0.343 e. The molecule has 24 heteroatoms. The van der Waals surface area contributed by atoms with Crippen LogP contribution in [-0.2, 0) is 38.1 Å². The highest BCUT2D eigenvalue weighted by atomic mass is 19.1. The highest BCUT2D eigenvalue weighted by molar-refractivity contribution is 6.02. The minimum absolute atomic E-state index is 0.0294. The largest absolute Gasteiger partial charge is 0.492 e. The summed E-state index contributed by atoms with van der Waals surface area (Å²) in [7, 11) is 2.77. The number of halogens is 2. The summed E-state index contributed by atoms with van der Waals surface area (Å²) in [5, 5.41) is 30.4. The summed E-state index contributed by atoms with van der Waals surface area (Å²) in [5.74, 6) is -7.03. The Morgan fingerprint density at radius 3 is 1.76 bits per heavy atom. The number of nitrogens with one attached hydrogen (secondary N) is 2. The predicted octanol–water partition coefficient (Wildman–Crippen LogP) is 5.71. The fourth-order valence-corrected chi connectivity index (χ4v) is 15.9. The molecule has 4 N–H and O–H groups in total. The number of piperazine rings is 2. The van der Waals surface area contributed by atoms with Crippen molar-refractivity contribution in [3.8, 4) is 11.5 Å². The molecule has 5 saturated carbocycles. The number of esters is 4. The summed E-state index contributed by atoms with van der Waals surface area (Å²) in [6, 6.07) is 1.86. The van der Waals surface area contributed by atoms with Crippen LogP contribution in [0.2, 0.25) is 0 Å². The van der Waals surface area contributed by atoms with Crippen molar-refractivity contribution >= 4 is 68.6 Å². The van der Waals surface area contributed by atoms with Gasteiger partial charge in [0.05, 0.1) is 55.0 Å². The van der Waals surface area contributed by atoms with Crippen molar-refractivity contribution in [3.63, 3.8) is 0 Å². The average molecular weight is 1250 g/mol. The lowest BCUT2D eigenvalue weighted by molar-refractivity contribution is -0.181. The van der Waals surface area contributed by atoms with Crippen LogP contribution in [0.5, 0.6) is 11.5 Å². The van der Waals surface area contributed by atoms with E-state index in [1.165, 1.54) is 32.7 Å². The Morgan fingerprint density at radius 2 is 1.26 bits per heavy atom. The topological polar surface area (TPSA) is 273 Å². The fraction of sp³-hybridized carbons (Fsp3) is 0.576. The Bertz CT molecular complexity index is 3650. The first-order valence-electron chi connectivity index (χ1n) is 31.4. The number of aliphatic hydroxyl groups is 2. The number of methoxy groups -OCH3 is 2. The Kier molecular flexibility index (Phi) is 16.9. The lowest BCUT2D eigenvalue weighted by Crippen LogP contribution is -2.61. The number of Topliss-reactive ketones (excluding diaryl/α,β-unsaturated/α-hetero) is 1. The molecule has 0 radical (unpaired) electrons. The number of carbonyl (C=O) groups excluding carboxylic acids is 6. The van der Waals surface area contributed by atoms with Gasteiger partial charge in [-0.1, -0.05) is 25.5 Å². The number of aromatic nitrogens is 2. The number of pyridine rings is 2. The molecule has 5 unspecified atom stereocenters. The molecule has 22 nitrogen and oxygen atoms in total. The van der Waals surface area contributed by atoms with Crippen molar-refractivity contribution in [1.29, 1.82) is 0 Å². The molecule has 2 aromatic heterocycles. The third-order valence-electron chi connectivity index (χ3n) is 20.6. The molecule has 0 spiro atoms. The van der Waals surface area contributed by atoms with E-state index in [2.05, 4.69) is 10.6 Å². The molecule has 90 heavy (non-hydrogen) atoms. The Balaban J connectivity index is 0.764. The minimum atomic E-state index is -1.96. The van der Waals surface area contributed by atoms with Crippen molar-refractivity contribution in [3.05, 3.63) is 91.5 Å². The van der Waals surface area contributed by atoms with Crippen LogP contribution in [0.3, 0.4) is 0 Å². The number of rotatable bonds is 19. The normalized spacial score (nSPS) is 28.3. The lowest BCUT2D eigenvalue weighted by atomic mass is 9.46. The van der Waals surface area contributed by atoms with Gasteiger partial charge in [-0.3, -0.25) is 28.8 Å². The second kappa shape index (κ2) is 24.3. The maximum atomic E-state index is 16.3. The molecular weight excluding hydrogens is 1170 g/mol. The first-order chi connectivity index (χ1) is 43.0. The summed E-state index contributed by atoms with van der Waals surface area (Å²) in [6.07, 6.45) is 8.49. The summed E-state index contributed by atoms with van der Waals surface area (Å²) < 4.78 is 70.2. The van der Waals surface area contributed by atoms with Gasteiger partial charge in [0.2, 0.25) is 16.6 Å². The number of ether oxygens (including phenoxy) is 6. The minimum Gasteiger partial charge on any atom is -0.492 e. The fourth-order valence-electron chi connectivity index (χ4n) is 15.9. The first-order valence-corrected chi connectivity index (χ1v) is 31.4. The molecular formula is C66H78F2N6O16. The van der Waals surface area contributed by atoms with Crippen molar-refractivity contribution in [2.75, 3.05) is 83.1 Å². The van der Waals surface area contributed by atoms with Gasteiger partial charge in [0, 0.05) is 92.6 Å². The monoisotopic (exact) mass is 1250 g/mol. The van der Waals surface area contributed by atoms with E-state index in [1.54, 1.807) is 22.1 Å². The van der Waals surface area contributed by atoms with Crippen LogP contribution in [0.1, 0.15) is 131 Å². The molecule has 2 aliphatic heterocycles. The second-order valence-corrected chi connectivity index (χ2v) is 26.4. The van der Waals surface area contributed by atoms with Crippen molar-refractivity contribution in [2.45, 2.75) is 140 Å². The molecule has 0 bridgehead atoms. The van der Waals surface area contributed by atoms with E-state index in [4.69, 9.17) is 28.4 Å². The molecule has 482 valence electrons. The smallest absolute Gasteiger partial charge is 0.343 e. The number of hydrogen-bond donors (Lipinski definition) is 4. The molecule has 7 fully saturated rings. The molecule has 6 aliphatic carbocycles. The standard InChI is InChI=1S/C66H78F2N6O16/c1-34-27-71(21-19-69-34)56-47(67)24-42-54(60(56)85-5)73(37-8-9-37)29-44(58(42)80)62(82)88-31-40(32-89-63(83)45-30-74(38-10-11-38)55-43(59(45)81)25-48(68)57(61(55)86-6)72-22-20-70-35(2)28-72)90-52(79)14-13-51(78)87-33-50(77)66(84)18-16-46-41-12-7-36-23-39(75)15-17-64(36,3)53(41)49(76)26-65(46,66)4/h15,17,23-25,29-30,34-35,37-38,40-41,46,49,53,69-70,76,84H,7-14,16,18-22,26-28,31-33H2,1-6H3/t34?,35?,40?,41?,46?,49-,53?,64-,65-,66-/m0/s1. The van der Waals surface area contributed by atoms with Crippen LogP contribution >= 0.6 is 0 Å². The second-order valence-electron chi connectivity index (χ2n) is 26.4. The number of carbonyl (C=O) groups is 6. The molecule has 12 rings (SSSR count). The molecule has 0 amide bonds. The van der Waals surface area contributed by atoms with E-state index in [-0.39, 0.29) is 94.2 Å². The SMILES string of the molecule is COc1c(N2CCNC(C)C2)c(F)cc2c(=O)c(C(=O)OCC(COC(=O)c3cn(C4CC4)c4c(OC)c(N5CCNC(C)C5)c(F)cc4c3=O)OC(=O)CCC(=O)OCC(=O)[C@@]3(O)CCC4C5CCC6=CC(=O)C=C[C@]6(C)C5[C@@H](O)C[C@@]43C)cn(C3CC3)c12. The van der Waals surface area contributed by atoms with Crippen LogP contribution in [0.15, 0.2) is 57.9 Å². The van der Waals surface area contributed by atoms with E-state index in [1.807, 2.05) is 36.6 Å². The lowest BCUT2D eigenvalue weighted by Gasteiger charge is -2.59. The molecule has 8 aliphatic rings. The van der Waals surface area contributed by atoms with Gasteiger partial charge in [0.1, 0.15) is 41.3 Å². The Labute approximate surface area is 517 Å². The van der Waals surface area contributed by atoms with E-state index < -0.39 is 125 Å². The van der Waals surface area contributed by atoms with E-state index >= 15 is 8.78 Å². The van der Waals surface area contributed by atoms with Gasteiger partial charge >= 0.3 is 23.9 Å². The average Bonchev–Trinajstić information content (AvgIpc) is 1.17. The summed E-state index contributed by atoms with van der Waals surface area (Å²) >= 11 is 0. The van der Waals surface area contributed by atoms with Gasteiger partial charge in [-0.15, -0.1) is 0 Å². The number of anilines is 2. The van der Waals surface area contributed by atoms with Gasteiger partial charge in [-0.05, 0) is 108 Å². The summed E-state index contributed by atoms with van der Waals surface area (Å²) in [5.41, 5.74) is -4.42. The number of allylic oxidation sites excluding steroid dienone is 4. The highest BCUT2D eigenvalue weighted by Crippen LogP contribution is 2.67. The number of aliphatic hydroxyl groups excluding tert-OH is 1. The predicted molar refractivity (Wildman–Crippen MR) is 324 cm³/mol. The Morgan fingerprint density at radius 1 is 0.733 bits per heavy atom. The molecule has 2 aromatic carbocycles. The molecule has 4 aromatic rings. The van der Waals surface area contributed by atoms with Gasteiger partial charge in [-0.25, -0.2) is 18.4 Å². The van der Waals surface area contributed by atoms with Crippen molar-refractivity contribution < 1.29 is 76.2 Å². The third kappa shape index (κ3) is 11.1. The quantitative estimate of drug-likeness (QED) is 0.0647. The molecule has 4 heterocycles. The summed E-state index contributed by atoms with van der Waals surface area (Å²) in [4.78, 5) is 114. The molecule has 2 saturated heterocycles. The number of benzene rings is 2. The highest BCUT2D eigenvalue weighted by Gasteiger charge is 2.68. The zero-order valence-electron chi connectivity index (χ0n) is 51.5. The Hall–Kier alpha value is -7.54. The number of hydrogen-bond acceptors (Lipinski definition) is 20. The number of fused-ring (bicyclic) bond motifs is 7. The van der Waals surface area contributed by atoms with Crippen LogP contribution in [-0.4, -0.2) is 158 Å². The van der Waals surface area contributed by atoms with Crippen molar-refractivity contribution in [2.24, 2.45) is 28.6 Å². The summed E-state index contributed by atoms with van der Waals surface area (Å²) in [6.45, 7) is 8.22. The number of nitrogens with zero attached hydrogens (tertiary/aromatic N) is 4. The zero-order chi connectivity index (χ0) is 63.9. The zero-order valence-corrected chi connectivity index (χ0v) is 51.5. The van der Waals surface area contributed by atoms with E-state index in [0.717, 1.165) is 17.7 Å². The molecule has 9 atom stereocenters.